The standard InChI is InChI=1S/C22H35N3O3/c1-22(2,3)13-20(26)24-15-21(27)23-14-17-9-11-25(12-10-17)16-18-5-7-19(28-4)8-6-18/h5-8,17H,9-16H2,1-4H3,(H,23,27)(H,24,26). The van der Waals surface area contributed by atoms with Gasteiger partial charge in [-0.1, -0.05) is 32.9 Å². The highest BCUT2D eigenvalue weighted by molar-refractivity contribution is 5.84. The number of ether oxygens (including phenoxy) is 1. The lowest BCUT2D eigenvalue weighted by atomic mass is 9.92. The van der Waals surface area contributed by atoms with Gasteiger partial charge in [0.15, 0.2) is 0 Å². The van der Waals surface area contributed by atoms with Gasteiger partial charge < -0.3 is 15.4 Å². The van der Waals surface area contributed by atoms with Gasteiger partial charge in [0.25, 0.3) is 0 Å². The molecule has 0 aliphatic carbocycles. The lowest BCUT2D eigenvalue weighted by Gasteiger charge is -2.32. The molecule has 28 heavy (non-hydrogen) atoms. The summed E-state index contributed by atoms with van der Waals surface area (Å²) in [5.74, 6) is 1.20. The average molecular weight is 390 g/mol. The number of piperidine rings is 1. The molecular weight excluding hydrogens is 354 g/mol. The number of likely N-dealkylation sites (tertiary alicyclic amines) is 1. The Balaban J connectivity index is 1.61. The van der Waals surface area contributed by atoms with E-state index >= 15 is 0 Å². The van der Waals surface area contributed by atoms with Crippen LogP contribution in [0.15, 0.2) is 24.3 Å². The number of methoxy groups -OCH3 is 1. The van der Waals surface area contributed by atoms with Crippen molar-refractivity contribution in [3.05, 3.63) is 29.8 Å². The summed E-state index contributed by atoms with van der Waals surface area (Å²) in [5.41, 5.74) is 1.22. The fraction of sp³-hybridized carbons (Fsp3) is 0.636. The molecular formula is C22H35N3O3. The second-order valence-corrected chi connectivity index (χ2v) is 8.89. The molecule has 1 fully saturated rings. The Bertz CT molecular complexity index is 629. The van der Waals surface area contributed by atoms with Gasteiger partial charge in [-0.15, -0.1) is 0 Å². The van der Waals surface area contributed by atoms with E-state index in [2.05, 4.69) is 27.7 Å². The molecule has 0 aromatic heterocycles. The fourth-order valence-electron chi connectivity index (χ4n) is 3.38. The summed E-state index contributed by atoms with van der Waals surface area (Å²) in [5, 5.41) is 5.66. The molecule has 1 saturated heterocycles. The number of hydrogen-bond donors (Lipinski definition) is 2. The second-order valence-electron chi connectivity index (χ2n) is 8.89. The quantitative estimate of drug-likeness (QED) is 0.717. The van der Waals surface area contributed by atoms with Crippen LogP contribution in [0.4, 0.5) is 0 Å². The van der Waals surface area contributed by atoms with E-state index in [4.69, 9.17) is 4.74 Å². The largest absolute Gasteiger partial charge is 0.497 e. The molecule has 6 nitrogen and oxygen atoms in total. The normalized spacial score (nSPS) is 15.9. The van der Waals surface area contributed by atoms with Gasteiger partial charge in [-0.2, -0.15) is 0 Å². The number of hydrogen-bond acceptors (Lipinski definition) is 4. The summed E-state index contributed by atoms with van der Waals surface area (Å²) in [4.78, 5) is 26.2. The van der Waals surface area contributed by atoms with Crippen LogP contribution in [0.1, 0.15) is 45.6 Å². The van der Waals surface area contributed by atoms with Crippen LogP contribution < -0.4 is 15.4 Å². The molecule has 0 spiro atoms. The summed E-state index contributed by atoms with van der Waals surface area (Å²) < 4.78 is 5.20. The van der Waals surface area contributed by atoms with Crippen LogP contribution in [0.2, 0.25) is 0 Å². The van der Waals surface area contributed by atoms with Crippen LogP contribution >= 0.6 is 0 Å². The van der Waals surface area contributed by atoms with Gasteiger partial charge in [-0.3, -0.25) is 14.5 Å². The summed E-state index contributed by atoms with van der Waals surface area (Å²) in [6, 6.07) is 8.22. The van der Waals surface area contributed by atoms with Crippen LogP contribution in [0.25, 0.3) is 0 Å². The van der Waals surface area contributed by atoms with E-state index in [9.17, 15) is 9.59 Å². The number of carbonyl (C=O) groups is 2. The van der Waals surface area contributed by atoms with Crippen molar-refractivity contribution < 1.29 is 14.3 Å². The van der Waals surface area contributed by atoms with Gasteiger partial charge in [0.2, 0.25) is 11.8 Å². The van der Waals surface area contributed by atoms with Crippen LogP contribution in [0.3, 0.4) is 0 Å². The highest BCUT2D eigenvalue weighted by Gasteiger charge is 2.20. The zero-order valence-corrected chi connectivity index (χ0v) is 17.7. The highest BCUT2D eigenvalue weighted by Crippen LogP contribution is 2.20. The fourth-order valence-corrected chi connectivity index (χ4v) is 3.38. The smallest absolute Gasteiger partial charge is 0.239 e. The first-order chi connectivity index (χ1) is 13.2. The average Bonchev–Trinajstić information content (AvgIpc) is 2.65. The molecule has 1 heterocycles. The molecule has 156 valence electrons. The molecule has 1 aliphatic rings. The predicted molar refractivity (Wildman–Crippen MR) is 111 cm³/mol. The van der Waals surface area contributed by atoms with Gasteiger partial charge in [0, 0.05) is 19.5 Å². The van der Waals surface area contributed by atoms with E-state index in [1.807, 2.05) is 32.9 Å². The SMILES string of the molecule is COc1ccc(CN2CCC(CNC(=O)CNC(=O)CC(C)(C)C)CC2)cc1. The molecule has 2 N–H and O–H groups in total. The maximum atomic E-state index is 12.0. The lowest BCUT2D eigenvalue weighted by Crippen LogP contribution is -2.42. The second kappa shape index (κ2) is 10.5. The van der Waals surface area contributed by atoms with Gasteiger partial charge in [0.05, 0.1) is 13.7 Å². The monoisotopic (exact) mass is 389 g/mol. The number of nitrogens with zero attached hydrogens (tertiary/aromatic N) is 1. The molecule has 0 atom stereocenters. The van der Waals surface area contributed by atoms with Crippen molar-refractivity contribution in [2.45, 2.75) is 46.6 Å². The number of rotatable bonds is 8. The highest BCUT2D eigenvalue weighted by atomic mass is 16.5. The van der Waals surface area contributed by atoms with E-state index < -0.39 is 0 Å². The summed E-state index contributed by atoms with van der Waals surface area (Å²) in [7, 11) is 1.68. The molecule has 1 aromatic rings. The molecule has 2 amide bonds. The Morgan fingerprint density at radius 1 is 1.07 bits per heavy atom. The third kappa shape index (κ3) is 8.30. The molecule has 2 rings (SSSR count). The molecule has 0 saturated carbocycles. The number of amides is 2. The third-order valence-corrected chi connectivity index (χ3v) is 5.00. The molecule has 6 heteroatoms. The van der Waals surface area contributed by atoms with Crippen molar-refractivity contribution in [3.63, 3.8) is 0 Å². The molecule has 0 bridgehead atoms. The number of carbonyl (C=O) groups excluding carboxylic acids is 2. The van der Waals surface area contributed by atoms with E-state index in [0.717, 1.165) is 38.2 Å². The van der Waals surface area contributed by atoms with Crippen molar-refractivity contribution >= 4 is 11.8 Å². The molecule has 1 aliphatic heterocycles. The topological polar surface area (TPSA) is 70.7 Å². The summed E-state index contributed by atoms with van der Waals surface area (Å²) in [6.07, 6.45) is 2.58. The van der Waals surface area contributed by atoms with Crippen LogP contribution in [0.5, 0.6) is 5.75 Å². The Kier molecular flexibility index (Phi) is 8.30. The van der Waals surface area contributed by atoms with Crippen molar-refractivity contribution in [2.75, 3.05) is 33.3 Å². The van der Waals surface area contributed by atoms with E-state index in [-0.39, 0.29) is 23.8 Å². The van der Waals surface area contributed by atoms with Gasteiger partial charge in [-0.25, -0.2) is 0 Å². The minimum absolute atomic E-state index is 0.0607. The van der Waals surface area contributed by atoms with Gasteiger partial charge >= 0.3 is 0 Å². The van der Waals surface area contributed by atoms with Crippen molar-refractivity contribution in [2.24, 2.45) is 11.3 Å². The van der Waals surface area contributed by atoms with Crippen molar-refractivity contribution in [3.8, 4) is 5.75 Å². The summed E-state index contributed by atoms with van der Waals surface area (Å²) in [6.45, 7) is 9.79. The Morgan fingerprint density at radius 3 is 2.29 bits per heavy atom. The predicted octanol–water partition coefficient (Wildman–Crippen LogP) is 2.58. The first kappa shape index (κ1) is 22.2. The molecule has 0 unspecified atom stereocenters. The molecule has 1 aromatic carbocycles. The third-order valence-electron chi connectivity index (χ3n) is 5.00. The maximum absolute atomic E-state index is 12.0. The van der Waals surface area contributed by atoms with E-state index in [0.29, 0.717) is 18.9 Å². The minimum atomic E-state index is -0.108. The first-order valence-corrected chi connectivity index (χ1v) is 10.1. The van der Waals surface area contributed by atoms with Crippen LogP contribution in [-0.4, -0.2) is 50.0 Å². The van der Waals surface area contributed by atoms with Crippen LogP contribution in [0, 0.1) is 11.3 Å². The van der Waals surface area contributed by atoms with Gasteiger partial charge in [0.1, 0.15) is 5.75 Å². The number of nitrogens with one attached hydrogen (secondary N) is 2. The number of benzene rings is 1. The zero-order valence-electron chi connectivity index (χ0n) is 17.7. The van der Waals surface area contributed by atoms with Crippen molar-refractivity contribution in [1.29, 1.82) is 0 Å². The Labute approximate surface area is 169 Å². The Hall–Kier alpha value is -2.08. The maximum Gasteiger partial charge on any atom is 0.239 e. The van der Waals surface area contributed by atoms with Crippen molar-refractivity contribution in [1.82, 2.24) is 15.5 Å². The molecule has 0 radical (unpaired) electrons. The van der Waals surface area contributed by atoms with Gasteiger partial charge in [-0.05, 0) is 55.0 Å². The zero-order chi connectivity index (χ0) is 20.6. The lowest BCUT2D eigenvalue weighted by molar-refractivity contribution is -0.127. The van der Waals surface area contributed by atoms with Crippen LogP contribution in [-0.2, 0) is 16.1 Å². The van der Waals surface area contributed by atoms with E-state index in [1.165, 1.54) is 5.56 Å². The summed E-state index contributed by atoms with van der Waals surface area (Å²) >= 11 is 0. The Morgan fingerprint density at radius 2 is 1.71 bits per heavy atom. The first-order valence-electron chi connectivity index (χ1n) is 10.1. The minimum Gasteiger partial charge on any atom is -0.497 e. The van der Waals surface area contributed by atoms with E-state index in [1.54, 1.807) is 7.11 Å².